The van der Waals surface area contributed by atoms with Crippen LogP contribution in [-0.4, -0.2) is 52.8 Å². The second kappa shape index (κ2) is 8.62. The number of benzene rings is 1. The third-order valence-corrected chi connectivity index (χ3v) is 5.98. The molecule has 1 spiro atoms. The van der Waals surface area contributed by atoms with Gasteiger partial charge in [-0.1, -0.05) is 0 Å². The molecule has 2 aliphatic rings. The number of piperidine rings is 2. The van der Waals surface area contributed by atoms with Gasteiger partial charge in [-0.2, -0.15) is 9.97 Å². The first kappa shape index (κ1) is 21.2. The van der Waals surface area contributed by atoms with Crippen molar-refractivity contribution in [1.82, 2.24) is 9.97 Å². The Hall–Kier alpha value is -3.01. The molecule has 1 aromatic heterocycles. The first-order chi connectivity index (χ1) is 14.9. The van der Waals surface area contributed by atoms with Crippen LogP contribution in [0.2, 0.25) is 0 Å². The summed E-state index contributed by atoms with van der Waals surface area (Å²) in [5, 5.41) is 8.94. The van der Waals surface area contributed by atoms with Crippen molar-refractivity contribution in [1.29, 1.82) is 0 Å². The van der Waals surface area contributed by atoms with Crippen molar-refractivity contribution < 1.29 is 23.4 Å². The molecule has 4 rings (SSSR count). The maximum Gasteiger partial charge on any atom is 0.227 e. The van der Waals surface area contributed by atoms with E-state index in [-0.39, 0.29) is 30.9 Å². The van der Waals surface area contributed by atoms with Gasteiger partial charge >= 0.3 is 0 Å². The average molecular weight is 433 g/mol. The van der Waals surface area contributed by atoms with Crippen molar-refractivity contribution in [3.8, 4) is 5.88 Å². The number of nitrogens with zero attached hydrogens (tertiary/aromatic N) is 4. The van der Waals surface area contributed by atoms with Gasteiger partial charge < -0.3 is 25.4 Å². The zero-order chi connectivity index (χ0) is 22.0. The molecule has 0 unspecified atom stereocenters. The Kier molecular flexibility index (Phi) is 5.90. The van der Waals surface area contributed by atoms with E-state index < -0.39 is 17.2 Å². The second-order valence-corrected chi connectivity index (χ2v) is 7.89. The summed E-state index contributed by atoms with van der Waals surface area (Å²) in [6.45, 7) is 1.16. The maximum absolute atomic E-state index is 13.9. The fourth-order valence-corrected chi connectivity index (χ4v) is 4.54. The lowest BCUT2D eigenvalue weighted by Gasteiger charge is -2.51. The van der Waals surface area contributed by atoms with E-state index in [2.05, 4.69) is 9.97 Å². The highest BCUT2D eigenvalue weighted by Gasteiger charge is 2.45. The number of ether oxygens (including phenoxy) is 1. The Balaban J connectivity index is 1.56. The number of hydrogen-bond acceptors (Lipinski definition) is 7. The van der Waals surface area contributed by atoms with Crippen molar-refractivity contribution in [3.63, 3.8) is 0 Å². The van der Waals surface area contributed by atoms with Crippen LogP contribution in [0.4, 0.5) is 26.2 Å². The molecule has 31 heavy (non-hydrogen) atoms. The molecule has 0 saturated carbocycles. The molecule has 2 aliphatic heterocycles. The van der Waals surface area contributed by atoms with E-state index >= 15 is 0 Å². The highest BCUT2D eigenvalue weighted by Crippen LogP contribution is 2.42. The summed E-state index contributed by atoms with van der Waals surface area (Å²) in [5.74, 6) is -1.00. The number of hydrogen-bond donors (Lipinski definition) is 2. The number of amides is 1. The molecule has 8 nitrogen and oxygen atoms in total. The monoisotopic (exact) mass is 433 g/mol. The van der Waals surface area contributed by atoms with Gasteiger partial charge in [-0.3, -0.25) is 4.79 Å². The number of carbonyl (C=O) groups is 1. The molecular formula is C21H25F2N5O3. The van der Waals surface area contributed by atoms with Gasteiger partial charge in [0.15, 0.2) is 11.6 Å². The number of nitrogens with two attached hydrogens (primary N) is 1. The fraction of sp³-hybridized carbons (Fsp3) is 0.476. The first-order valence-electron chi connectivity index (χ1n) is 10.3. The molecule has 10 heteroatoms. The number of aliphatic hydroxyl groups excluding tert-OH is 1. The van der Waals surface area contributed by atoms with Crippen molar-refractivity contribution in [2.24, 2.45) is 0 Å². The van der Waals surface area contributed by atoms with E-state index in [0.29, 0.717) is 43.9 Å². The highest BCUT2D eigenvalue weighted by atomic mass is 19.2. The van der Waals surface area contributed by atoms with E-state index in [1.165, 1.54) is 6.07 Å². The highest BCUT2D eigenvalue weighted by molar-refractivity contribution is 5.95. The lowest BCUT2D eigenvalue weighted by molar-refractivity contribution is -0.121. The van der Waals surface area contributed by atoms with Gasteiger partial charge in [-0.25, -0.2) is 8.78 Å². The largest absolute Gasteiger partial charge is 0.475 e. The quantitative estimate of drug-likeness (QED) is 0.745. The zero-order valence-corrected chi connectivity index (χ0v) is 17.1. The summed E-state index contributed by atoms with van der Waals surface area (Å²) in [6.07, 6.45) is 3.24. The predicted molar refractivity (Wildman–Crippen MR) is 111 cm³/mol. The van der Waals surface area contributed by atoms with E-state index in [0.717, 1.165) is 25.0 Å². The SMILES string of the molecule is Nc1nc(OCCO)cc(N2CCC3(CCCC(=O)N3c3ccc(F)c(F)c3)CC2)n1. The molecule has 0 radical (unpaired) electrons. The van der Waals surface area contributed by atoms with Crippen LogP contribution in [0, 0.1) is 11.6 Å². The first-order valence-corrected chi connectivity index (χ1v) is 10.3. The standard InChI is InChI=1S/C21H25F2N5O3/c22-15-4-3-14(12-16(15)23)28-19(30)2-1-5-21(28)6-8-27(9-7-21)17-13-18(31-11-10-29)26-20(24)25-17/h3-4,12-13,29H,1-2,5-11H2,(H2,24,25,26). The minimum Gasteiger partial charge on any atom is -0.475 e. The Morgan fingerprint density at radius 1 is 1.13 bits per heavy atom. The minimum absolute atomic E-state index is 0.0713. The summed E-state index contributed by atoms with van der Waals surface area (Å²) in [4.78, 5) is 24.8. The van der Waals surface area contributed by atoms with Crippen molar-refractivity contribution in [2.45, 2.75) is 37.6 Å². The average Bonchev–Trinajstić information content (AvgIpc) is 2.75. The lowest BCUT2D eigenvalue weighted by atomic mass is 9.78. The Labute approximate surface area is 178 Å². The molecular weight excluding hydrogens is 408 g/mol. The molecule has 3 N–H and O–H groups in total. The molecule has 1 amide bonds. The van der Waals surface area contributed by atoms with Crippen molar-refractivity contribution in [2.75, 3.05) is 41.8 Å². The maximum atomic E-state index is 13.9. The van der Waals surface area contributed by atoms with Gasteiger partial charge in [-0.15, -0.1) is 0 Å². The number of rotatable bonds is 5. The van der Waals surface area contributed by atoms with Crippen molar-refractivity contribution >= 4 is 23.4 Å². The van der Waals surface area contributed by atoms with Crippen LogP contribution in [-0.2, 0) is 4.79 Å². The number of anilines is 3. The van der Waals surface area contributed by atoms with Gasteiger partial charge in [0, 0.05) is 37.3 Å². The van der Waals surface area contributed by atoms with Gasteiger partial charge in [0.25, 0.3) is 0 Å². The van der Waals surface area contributed by atoms with Crippen LogP contribution in [0.25, 0.3) is 0 Å². The second-order valence-electron chi connectivity index (χ2n) is 7.89. The number of halogens is 2. The molecule has 0 aliphatic carbocycles. The van der Waals surface area contributed by atoms with E-state index in [1.807, 2.05) is 4.90 Å². The number of aliphatic hydroxyl groups is 1. The molecule has 2 fully saturated rings. The molecule has 2 saturated heterocycles. The number of carbonyl (C=O) groups excluding carboxylic acids is 1. The molecule has 0 atom stereocenters. The van der Waals surface area contributed by atoms with Crippen LogP contribution in [0.3, 0.4) is 0 Å². The summed E-state index contributed by atoms with van der Waals surface area (Å²) >= 11 is 0. The van der Waals surface area contributed by atoms with Gasteiger partial charge in [0.2, 0.25) is 17.7 Å². The van der Waals surface area contributed by atoms with Crippen molar-refractivity contribution in [3.05, 3.63) is 35.9 Å². The minimum atomic E-state index is -0.963. The molecule has 3 heterocycles. The van der Waals surface area contributed by atoms with Crippen LogP contribution in [0.15, 0.2) is 24.3 Å². The van der Waals surface area contributed by atoms with Gasteiger partial charge in [-0.05, 0) is 37.8 Å². The zero-order valence-electron chi connectivity index (χ0n) is 17.1. The Morgan fingerprint density at radius 3 is 2.61 bits per heavy atom. The van der Waals surface area contributed by atoms with Gasteiger partial charge in [0.05, 0.1) is 12.1 Å². The predicted octanol–water partition coefficient (Wildman–Crippen LogP) is 2.26. The van der Waals surface area contributed by atoms with E-state index in [4.69, 9.17) is 15.6 Å². The molecule has 1 aromatic carbocycles. The summed E-state index contributed by atoms with van der Waals surface area (Å²) in [6, 6.07) is 5.30. The summed E-state index contributed by atoms with van der Waals surface area (Å²) < 4.78 is 32.7. The van der Waals surface area contributed by atoms with Crippen LogP contribution in [0.1, 0.15) is 32.1 Å². The Morgan fingerprint density at radius 2 is 1.90 bits per heavy atom. The summed E-state index contributed by atoms with van der Waals surface area (Å²) in [5.41, 5.74) is 5.74. The Bertz CT molecular complexity index is 966. The third kappa shape index (κ3) is 4.25. The summed E-state index contributed by atoms with van der Waals surface area (Å²) in [7, 11) is 0. The number of aromatic nitrogens is 2. The van der Waals surface area contributed by atoms with Crippen LogP contribution >= 0.6 is 0 Å². The molecule has 2 aromatic rings. The van der Waals surface area contributed by atoms with Gasteiger partial charge in [0.1, 0.15) is 12.4 Å². The van der Waals surface area contributed by atoms with E-state index in [1.54, 1.807) is 11.0 Å². The van der Waals surface area contributed by atoms with Crippen LogP contribution in [0.5, 0.6) is 5.88 Å². The third-order valence-electron chi connectivity index (χ3n) is 5.98. The smallest absolute Gasteiger partial charge is 0.227 e. The normalized spacial score (nSPS) is 18.5. The lowest BCUT2D eigenvalue weighted by Crippen LogP contribution is -2.60. The molecule has 0 bridgehead atoms. The fourth-order valence-electron chi connectivity index (χ4n) is 4.54. The molecule has 166 valence electrons. The van der Waals surface area contributed by atoms with E-state index in [9.17, 15) is 13.6 Å². The van der Waals surface area contributed by atoms with Crippen LogP contribution < -0.4 is 20.3 Å². The number of nitrogen functional groups attached to an aromatic ring is 1. The topological polar surface area (TPSA) is 105 Å².